The maximum atomic E-state index is 13.5. The fourth-order valence-corrected chi connectivity index (χ4v) is 10.1. The van der Waals surface area contributed by atoms with Crippen molar-refractivity contribution in [3.05, 3.63) is 60.8 Å². The van der Waals surface area contributed by atoms with Gasteiger partial charge < -0.3 is 28.5 Å². The Morgan fingerprint density at radius 3 is 1.22 bits per heavy atom. The number of allylic oxidation sites excluding steroid dienone is 9. The van der Waals surface area contributed by atoms with Crippen molar-refractivity contribution in [2.75, 3.05) is 40.9 Å². The Bertz CT molecular complexity index is 1500. The average molecular weight is 1100 g/mol. The second kappa shape index (κ2) is 57.0. The lowest BCUT2D eigenvalue weighted by Crippen LogP contribution is -2.47. The van der Waals surface area contributed by atoms with E-state index in [1.165, 1.54) is 186 Å². The Kier molecular flexibility index (Phi) is 55.3. The van der Waals surface area contributed by atoms with Crippen LogP contribution < -0.4 is 10.2 Å². The molecule has 0 heterocycles. The molecule has 0 aliphatic rings. The monoisotopic (exact) mass is 1100 g/mol. The summed E-state index contributed by atoms with van der Waals surface area (Å²) in [5.41, 5.74) is 0. The molecule has 3 unspecified atom stereocenters. The summed E-state index contributed by atoms with van der Waals surface area (Å²) >= 11 is 0. The molecule has 0 rings (SSSR count). The van der Waals surface area contributed by atoms with E-state index in [9.17, 15) is 19.0 Å². The molecule has 0 bridgehead atoms. The minimum atomic E-state index is -4.70. The van der Waals surface area contributed by atoms with Crippen LogP contribution in [0.1, 0.15) is 303 Å². The van der Waals surface area contributed by atoms with E-state index in [0.717, 1.165) is 83.5 Å². The van der Waals surface area contributed by atoms with Gasteiger partial charge in [0.1, 0.15) is 19.3 Å². The number of hydrogen-bond donors (Lipinski definition) is 1. The highest BCUT2D eigenvalue weighted by Crippen LogP contribution is 2.38. The Morgan fingerprint density at radius 2 is 0.792 bits per heavy atom. The van der Waals surface area contributed by atoms with Crippen LogP contribution in [0.3, 0.4) is 0 Å². The Morgan fingerprint density at radius 1 is 0.455 bits per heavy atom. The molecule has 0 aliphatic carbocycles. The van der Waals surface area contributed by atoms with Crippen molar-refractivity contribution in [2.45, 2.75) is 315 Å². The largest absolute Gasteiger partial charge is 0.756 e. The fourth-order valence-electron chi connectivity index (χ4n) is 9.35. The van der Waals surface area contributed by atoms with E-state index >= 15 is 0 Å². The molecule has 0 aliphatic heterocycles. The van der Waals surface area contributed by atoms with Gasteiger partial charge in [0.05, 0.1) is 33.8 Å². The molecular formula is C67H125N2O7P. The molecule has 0 aromatic heterocycles. The van der Waals surface area contributed by atoms with Crippen LogP contribution in [-0.4, -0.2) is 69.4 Å². The number of carbonyl (C=O) groups excluding carboxylic acids is 2. The molecule has 1 N–H and O–H groups in total. The molecule has 0 saturated carbocycles. The van der Waals surface area contributed by atoms with E-state index in [2.05, 4.69) is 74.7 Å². The van der Waals surface area contributed by atoms with E-state index < -0.39 is 26.6 Å². The van der Waals surface area contributed by atoms with E-state index in [1.54, 1.807) is 0 Å². The maximum Gasteiger partial charge on any atom is 0.306 e. The summed E-state index contributed by atoms with van der Waals surface area (Å²) in [6.45, 7) is 6.82. The average Bonchev–Trinajstić information content (AvgIpc) is 3.39. The van der Waals surface area contributed by atoms with Gasteiger partial charge in [-0.05, 0) is 96.0 Å². The van der Waals surface area contributed by atoms with Gasteiger partial charge in [-0.1, -0.05) is 255 Å². The van der Waals surface area contributed by atoms with Gasteiger partial charge >= 0.3 is 5.97 Å². The lowest BCUT2D eigenvalue weighted by molar-refractivity contribution is -0.870. The molecule has 1 amide bonds. The summed E-state index contributed by atoms with van der Waals surface area (Å²) in [4.78, 5) is 40.0. The number of unbranched alkanes of at least 4 members (excludes halogenated alkanes) is 35. The number of ether oxygens (including phenoxy) is 1. The second-order valence-electron chi connectivity index (χ2n) is 23.3. The SMILES string of the molecule is CCCCC/C=C\C/C=C\C/C=C\CCCCCCCCCCCCC(=O)OC(/C=C\CCCCCCCCCCC)C(COP(=O)([O-])OCC[N+](C)(C)C)NC(=O)CCCCCCCCC/C=C/CCCCCCCC. The number of amides is 1. The number of nitrogens with one attached hydrogen (secondary N) is 1. The maximum absolute atomic E-state index is 13.5. The molecule has 0 aromatic rings. The van der Waals surface area contributed by atoms with Crippen molar-refractivity contribution in [1.82, 2.24) is 5.32 Å². The smallest absolute Gasteiger partial charge is 0.306 e. The molecule has 450 valence electrons. The van der Waals surface area contributed by atoms with Gasteiger partial charge in [-0.15, -0.1) is 0 Å². The Labute approximate surface area is 477 Å². The van der Waals surface area contributed by atoms with Crippen molar-refractivity contribution in [3.8, 4) is 0 Å². The zero-order valence-corrected chi connectivity index (χ0v) is 52.3. The van der Waals surface area contributed by atoms with Crippen molar-refractivity contribution in [3.63, 3.8) is 0 Å². The van der Waals surface area contributed by atoms with Gasteiger partial charge in [-0.3, -0.25) is 14.2 Å². The van der Waals surface area contributed by atoms with Crippen LogP contribution in [0, 0.1) is 0 Å². The first-order valence-corrected chi connectivity index (χ1v) is 34.1. The summed E-state index contributed by atoms with van der Waals surface area (Å²) in [5, 5.41) is 3.03. The van der Waals surface area contributed by atoms with Crippen LogP contribution in [0.4, 0.5) is 0 Å². The summed E-state index contributed by atoms with van der Waals surface area (Å²) in [5.74, 6) is -0.544. The first-order valence-electron chi connectivity index (χ1n) is 32.6. The zero-order valence-electron chi connectivity index (χ0n) is 51.4. The number of phosphoric acid groups is 1. The van der Waals surface area contributed by atoms with Crippen LogP contribution in [0.15, 0.2) is 60.8 Å². The third-order valence-corrected chi connectivity index (χ3v) is 15.4. The van der Waals surface area contributed by atoms with Gasteiger partial charge in [0.2, 0.25) is 5.91 Å². The van der Waals surface area contributed by atoms with Gasteiger partial charge in [-0.25, -0.2) is 0 Å². The van der Waals surface area contributed by atoms with Gasteiger partial charge in [-0.2, -0.15) is 0 Å². The second-order valence-corrected chi connectivity index (χ2v) is 24.7. The fraction of sp³-hybridized carbons (Fsp3) is 0.821. The highest BCUT2D eigenvalue weighted by atomic mass is 31.2. The summed E-state index contributed by atoms with van der Waals surface area (Å²) in [6, 6.07) is -0.892. The van der Waals surface area contributed by atoms with Gasteiger partial charge in [0.15, 0.2) is 0 Å². The van der Waals surface area contributed by atoms with Crippen molar-refractivity contribution in [2.24, 2.45) is 0 Å². The van der Waals surface area contributed by atoms with E-state index in [-0.39, 0.29) is 24.9 Å². The predicted molar refractivity (Wildman–Crippen MR) is 330 cm³/mol. The number of quaternary nitrogens is 1. The number of phosphoric ester groups is 1. The van der Waals surface area contributed by atoms with Crippen molar-refractivity contribution >= 4 is 19.7 Å². The minimum absolute atomic E-state index is 0.0243. The first-order chi connectivity index (χ1) is 37.4. The molecule has 0 radical (unpaired) electrons. The van der Waals surface area contributed by atoms with E-state index in [0.29, 0.717) is 17.4 Å². The highest BCUT2D eigenvalue weighted by Gasteiger charge is 2.27. The third kappa shape index (κ3) is 58.2. The molecule has 77 heavy (non-hydrogen) atoms. The molecule has 9 nitrogen and oxygen atoms in total. The zero-order chi connectivity index (χ0) is 56.4. The molecule has 0 fully saturated rings. The summed E-state index contributed by atoms with van der Waals surface area (Å²) < 4.78 is 30.3. The number of likely N-dealkylation sites (N-methyl/N-ethyl adjacent to an activating group) is 1. The topological polar surface area (TPSA) is 114 Å². The van der Waals surface area contributed by atoms with Crippen LogP contribution >= 0.6 is 7.82 Å². The standard InChI is InChI=1S/C67H125N2O7P/c1-7-10-13-16-19-22-25-27-29-31-32-33-34-35-36-38-40-42-45-48-51-54-57-60-67(71)76-65(58-55-52-49-46-43-24-21-18-15-12-9-3)64(63-75-77(72,73)74-62-61-69(4,5)6)68-66(70)59-56-53-50-47-44-41-39-37-30-28-26-23-20-17-14-11-8-2/h19,22,27-30,32-33,55,58,64-65H,7-18,20-21,23-26,31,34-54,56-57,59-63H2,1-6H3,(H-,68,70,72,73)/b22-19-,29-27-,30-28+,33-32-,58-55-. The lowest BCUT2D eigenvalue weighted by Gasteiger charge is -2.30. The Hall–Kier alpha value is -2.29. The lowest BCUT2D eigenvalue weighted by atomic mass is 10.0. The number of rotatable bonds is 59. The summed E-state index contributed by atoms with van der Waals surface area (Å²) in [7, 11) is 1.18. The molecule has 3 atom stereocenters. The van der Waals surface area contributed by atoms with Gasteiger partial charge in [0.25, 0.3) is 7.82 Å². The van der Waals surface area contributed by atoms with Crippen molar-refractivity contribution < 1.29 is 37.3 Å². The predicted octanol–water partition coefficient (Wildman–Crippen LogP) is 19.6. The van der Waals surface area contributed by atoms with E-state index in [1.807, 2.05) is 33.3 Å². The molecule has 0 aromatic carbocycles. The van der Waals surface area contributed by atoms with Crippen LogP contribution in [0.2, 0.25) is 0 Å². The normalized spacial score (nSPS) is 14.0. The number of nitrogens with zero attached hydrogens (tertiary/aromatic N) is 1. The van der Waals surface area contributed by atoms with E-state index in [4.69, 9.17) is 13.8 Å². The van der Waals surface area contributed by atoms with Crippen LogP contribution in [-0.2, 0) is 27.9 Å². The summed E-state index contributed by atoms with van der Waals surface area (Å²) in [6.07, 6.45) is 71.9. The number of esters is 1. The number of carbonyl (C=O) groups is 2. The highest BCUT2D eigenvalue weighted by molar-refractivity contribution is 7.45. The van der Waals surface area contributed by atoms with Gasteiger partial charge in [0, 0.05) is 12.8 Å². The molecule has 10 heteroatoms. The molecule has 0 saturated heterocycles. The number of hydrogen-bond acceptors (Lipinski definition) is 7. The quantitative estimate of drug-likeness (QED) is 0.0212. The molecule has 0 spiro atoms. The van der Waals surface area contributed by atoms with Crippen LogP contribution in [0.25, 0.3) is 0 Å². The first kappa shape index (κ1) is 74.7. The minimum Gasteiger partial charge on any atom is -0.756 e. The third-order valence-electron chi connectivity index (χ3n) is 14.4. The van der Waals surface area contributed by atoms with Crippen molar-refractivity contribution in [1.29, 1.82) is 0 Å². The molecular weight excluding hydrogens is 976 g/mol. The van der Waals surface area contributed by atoms with Crippen LogP contribution in [0.5, 0.6) is 0 Å². The Balaban J connectivity index is 5.14.